The average Bonchev–Trinajstić information content (AvgIpc) is 2.69. The Balaban J connectivity index is 2.21. The van der Waals surface area contributed by atoms with Gasteiger partial charge in [-0.25, -0.2) is 13.4 Å². The molecule has 1 atom stereocenters. The molecule has 1 aromatic heterocycles. The number of aromatic nitrogens is 2. The van der Waals surface area contributed by atoms with Gasteiger partial charge in [-0.3, -0.25) is 0 Å². The van der Waals surface area contributed by atoms with Crippen LogP contribution in [0, 0.1) is 0 Å². The van der Waals surface area contributed by atoms with Crippen molar-refractivity contribution in [1.82, 2.24) is 9.97 Å². The Morgan fingerprint density at radius 1 is 1.56 bits per heavy atom. The highest BCUT2D eigenvalue weighted by Crippen LogP contribution is 2.25. The van der Waals surface area contributed by atoms with Gasteiger partial charge in [-0.15, -0.1) is 0 Å². The van der Waals surface area contributed by atoms with Crippen LogP contribution in [0.25, 0.3) is 0 Å². The first-order valence-electron chi connectivity index (χ1n) is 5.43. The lowest BCUT2D eigenvalue weighted by Gasteiger charge is -2.23. The molecule has 6 nitrogen and oxygen atoms in total. The third-order valence-corrected chi connectivity index (χ3v) is 5.26. The van der Waals surface area contributed by atoms with Crippen molar-refractivity contribution in [2.24, 2.45) is 0 Å². The number of methoxy groups -OCH3 is 1. The number of nitrogens with zero attached hydrogens (tertiary/aromatic N) is 3. The Kier molecular flexibility index (Phi) is 3.76. The van der Waals surface area contributed by atoms with E-state index >= 15 is 0 Å². The third-order valence-electron chi connectivity index (χ3n) is 2.96. The standard InChI is InChI=1S/C10H14BrN3O3S/c1-14(7-3-4-18(15,16)6-7)10-12-5-8(11)9(13-10)17-2/h5,7H,3-4,6H2,1-2H3. The van der Waals surface area contributed by atoms with Crippen LogP contribution < -0.4 is 9.64 Å². The summed E-state index contributed by atoms with van der Waals surface area (Å²) in [4.78, 5) is 10.2. The second-order valence-electron chi connectivity index (χ2n) is 4.19. The molecule has 0 saturated carbocycles. The van der Waals surface area contributed by atoms with Crippen LogP contribution in [0.1, 0.15) is 6.42 Å². The summed E-state index contributed by atoms with van der Waals surface area (Å²) < 4.78 is 28.7. The molecular formula is C10H14BrN3O3S. The molecule has 0 amide bonds. The number of rotatable bonds is 3. The monoisotopic (exact) mass is 335 g/mol. The van der Waals surface area contributed by atoms with Gasteiger partial charge in [0.25, 0.3) is 0 Å². The van der Waals surface area contributed by atoms with Gasteiger partial charge >= 0.3 is 0 Å². The summed E-state index contributed by atoms with van der Waals surface area (Å²) in [5, 5.41) is 0. The van der Waals surface area contributed by atoms with Gasteiger partial charge in [0.2, 0.25) is 11.8 Å². The lowest BCUT2D eigenvalue weighted by atomic mass is 10.2. The van der Waals surface area contributed by atoms with E-state index in [0.29, 0.717) is 22.7 Å². The van der Waals surface area contributed by atoms with Gasteiger partial charge in [-0.05, 0) is 22.4 Å². The number of hydrogen-bond donors (Lipinski definition) is 0. The molecule has 1 fully saturated rings. The van der Waals surface area contributed by atoms with Crippen molar-refractivity contribution in [3.63, 3.8) is 0 Å². The maximum atomic E-state index is 11.5. The van der Waals surface area contributed by atoms with Crippen LogP contribution in [0.4, 0.5) is 5.95 Å². The number of sulfone groups is 1. The Bertz CT molecular complexity index is 549. The first-order chi connectivity index (χ1) is 8.43. The summed E-state index contributed by atoms with van der Waals surface area (Å²) in [7, 11) is 0.414. The molecule has 0 aromatic carbocycles. The van der Waals surface area contributed by atoms with E-state index in [4.69, 9.17) is 4.74 Å². The minimum absolute atomic E-state index is 0.0686. The Morgan fingerprint density at radius 3 is 2.83 bits per heavy atom. The van der Waals surface area contributed by atoms with Gasteiger partial charge < -0.3 is 9.64 Å². The summed E-state index contributed by atoms with van der Waals surface area (Å²) in [5.74, 6) is 1.30. The lowest BCUT2D eigenvalue weighted by molar-refractivity contribution is 0.393. The van der Waals surface area contributed by atoms with Gasteiger partial charge in [-0.1, -0.05) is 0 Å². The van der Waals surface area contributed by atoms with Crippen molar-refractivity contribution in [2.75, 3.05) is 30.6 Å². The third kappa shape index (κ3) is 2.74. The normalized spacial score (nSPS) is 21.8. The minimum atomic E-state index is -2.91. The molecule has 8 heteroatoms. The SMILES string of the molecule is COc1nc(N(C)C2CCS(=O)(=O)C2)ncc1Br. The van der Waals surface area contributed by atoms with E-state index in [9.17, 15) is 8.42 Å². The van der Waals surface area contributed by atoms with Gasteiger partial charge in [-0.2, -0.15) is 4.98 Å². The van der Waals surface area contributed by atoms with Gasteiger partial charge in [0, 0.05) is 13.1 Å². The van der Waals surface area contributed by atoms with Crippen molar-refractivity contribution in [3.05, 3.63) is 10.7 Å². The molecule has 0 N–H and O–H groups in total. The molecule has 1 aliphatic rings. The van der Waals surface area contributed by atoms with E-state index in [-0.39, 0.29) is 17.5 Å². The molecule has 0 bridgehead atoms. The molecule has 1 unspecified atom stereocenters. The molecule has 0 spiro atoms. The summed E-state index contributed by atoms with van der Waals surface area (Å²) in [5.41, 5.74) is 0. The van der Waals surface area contributed by atoms with Crippen LogP contribution in [-0.4, -0.2) is 50.1 Å². The fourth-order valence-electron chi connectivity index (χ4n) is 1.90. The Hall–Kier alpha value is -0.890. The molecule has 0 aliphatic carbocycles. The molecule has 0 radical (unpaired) electrons. The molecular weight excluding hydrogens is 322 g/mol. The summed E-state index contributed by atoms with van der Waals surface area (Å²) in [6.45, 7) is 0. The second-order valence-corrected chi connectivity index (χ2v) is 7.28. The zero-order chi connectivity index (χ0) is 13.3. The van der Waals surface area contributed by atoms with Crippen molar-refractivity contribution < 1.29 is 13.2 Å². The van der Waals surface area contributed by atoms with E-state index < -0.39 is 9.84 Å². The van der Waals surface area contributed by atoms with Crippen molar-refractivity contribution >= 4 is 31.7 Å². The van der Waals surface area contributed by atoms with E-state index in [1.165, 1.54) is 7.11 Å². The van der Waals surface area contributed by atoms with Crippen molar-refractivity contribution in [2.45, 2.75) is 12.5 Å². The number of ether oxygens (including phenoxy) is 1. The smallest absolute Gasteiger partial charge is 0.232 e. The molecule has 2 heterocycles. The van der Waals surface area contributed by atoms with Crippen LogP contribution >= 0.6 is 15.9 Å². The van der Waals surface area contributed by atoms with Gasteiger partial charge in [0.05, 0.1) is 29.3 Å². The van der Waals surface area contributed by atoms with Crippen molar-refractivity contribution in [1.29, 1.82) is 0 Å². The van der Waals surface area contributed by atoms with Crippen LogP contribution in [0.5, 0.6) is 5.88 Å². The first-order valence-corrected chi connectivity index (χ1v) is 8.04. The maximum Gasteiger partial charge on any atom is 0.232 e. The zero-order valence-electron chi connectivity index (χ0n) is 10.1. The van der Waals surface area contributed by atoms with Crippen LogP contribution in [-0.2, 0) is 9.84 Å². The highest BCUT2D eigenvalue weighted by molar-refractivity contribution is 9.10. The fraction of sp³-hybridized carbons (Fsp3) is 0.600. The second kappa shape index (κ2) is 5.00. The topological polar surface area (TPSA) is 72.4 Å². The van der Waals surface area contributed by atoms with Crippen LogP contribution in [0.2, 0.25) is 0 Å². The Morgan fingerprint density at radius 2 is 2.28 bits per heavy atom. The van der Waals surface area contributed by atoms with Crippen LogP contribution in [0.3, 0.4) is 0 Å². The quantitative estimate of drug-likeness (QED) is 0.816. The predicted molar refractivity (Wildman–Crippen MR) is 71.7 cm³/mol. The minimum Gasteiger partial charge on any atom is -0.480 e. The highest BCUT2D eigenvalue weighted by Gasteiger charge is 2.31. The molecule has 1 aromatic rings. The van der Waals surface area contributed by atoms with Crippen molar-refractivity contribution in [3.8, 4) is 5.88 Å². The lowest BCUT2D eigenvalue weighted by Crippen LogP contribution is -2.33. The summed E-state index contributed by atoms with van der Waals surface area (Å²) in [6, 6.07) is -0.0686. The largest absolute Gasteiger partial charge is 0.480 e. The molecule has 1 aliphatic heterocycles. The zero-order valence-corrected chi connectivity index (χ0v) is 12.5. The van der Waals surface area contributed by atoms with E-state index in [2.05, 4.69) is 25.9 Å². The predicted octanol–water partition coefficient (Wildman–Crippen LogP) is 0.871. The molecule has 2 rings (SSSR count). The Labute approximate surface area is 114 Å². The van der Waals surface area contributed by atoms with E-state index in [0.717, 1.165) is 0 Å². The van der Waals surface area contributed by atoms with E-state index in [1.54, 1.807) is 18.1 Å². The number of hydrogen-bond acceptors (Lipinski definition) is 6. The summed E-state index contributed by atoms with van der Waals surface area (Å²) >= 11 is 3.28. The molecule has 18 heavy (non-hydrogen) atoms. The maximum absolute atomic E-state index is 11.5. The molecule has 1 saturated heterocycles. The van der Waals surface area contributed by atoms with E-state index in [1.807, 2.05) is 0 Å². The van der Waals surface area contributed by atoms with Gasteiger partial charge in [0.15, 0.2) is 9.84 Å². The fourth-order valence-corrected chi connectivity index (χ4v) is 4.03. The molecule has 100 valence electrons. The summed E-state index contributed by atoms with van der Waals surface area (Å²) in [6.07, 6.45) is 2.21. The van der Waals surface area contributed by atoms with Gasteiger partial charge in [0.1, 0.15) is 0 Å². The number of halogens is 1. The highest BCUT2D eigenvalue weighted by atomic mass is 79.9. The van der Waals surface area contributed by atoms with Crippen LogP contribution in [0.15, 0.2) is 10.7 Å². The first kappa shape index (κ1) is 13.5. The average molecular weight is 336 g/mol. The number of anilines is 1.